The van der Waals surface area contributed by atoms with E-state index in [4.69, 9.17) is 0 Å². The van der Waals surface area contributed by atoms with Crippen molar-refractivity contribution < 1.29 is 0 Å². The van der Waals surface area contributed by atoms with Crippen molar-refractivity contribution in [3.05, 3.63) is 30.0 Å². The lowest BCUT2D eigenvalue weighted by Crippen LogP contribution is -2.08. The molecule has 0 bridgehead atoms. The number of para-hydroxylation sites is 1. The Morgan fingerprint density at radius 1 is 1.31 bits per heavy atom. The third-order valence-electron chi connectivity index (χ3n) is 4.32. The molecule has 4 rings (SSSR count). The molecule has 1 unspecified atom stereocenters. The standard InChI is InChI=1S/C13H11N3/c14-8-13(7-12(13)5-6-12)11-9-3-1-2-4-10(9)15-16-11/h1-4H,5-7H2,(H,15,16). The molecule has 2 aromatic rings. The van der Waals surface area contributed by atoms with Gasteiger partial charge in [-0.05, 0) is 30.7 Å². The molecule has 0 saturated heterocycles. The molecule has 2 fully saturated rings. The van der Waals surface area contributed by atoms with Crippen LogP contribution in [0.2, 0.25) is 0 Å². The molecule has 2 aliphatic rings. The number of hydrogen-bond acceptors (Lipinski definition) is 2. The van der Waals surface area contributed by atoms with Crippen LogP contribution in [0.5, 0.6) is 0 Å². The third-order valence-corrected chi connectivity index (χ3v) is 4.32. The van der Waals surface area contributed by atoms with Gasteiger partial charge in [0.15, 0.2) is 0 Å². The number of nitrogens with one attached hydrogen (secondary N) is 1. The number of nitriles is 1. The van der Waals surface area contributed by atoms with Crippen molar-refractivity contribution in [2.45, 2.75) is 24.7 Å². The summed E-state index contributed by atoms with van der Waals surface area (Å²) >= 11 is 0. The van der Waals surface area contributed by atoms with E-state index in [1.165, 1.54) is 12.8 Å². The molecule has 1 atom stereocenters. The molecule has 16 heavy (non-hydrogen) atoms. The van der Waals surface area contributed by atoms with Gasteiger partial charge in [-0.3, -0.25) is 5.10 Å². The van der Waals surface area contributed by atoms with Crippen LogP contribution >= 0.6 is 0 Å². The molecule has 1 aromatic carbocycles. The SMILES string of the molecule is N#CC1(c2[nH]nc3ccccc23)CC12CC2. The third kappa shape index (κ3) is 0.746. The van der Waals surface area contributed by atoms with Crippen LogP contribution in [0.4, 0.5) is 0 Å². The maximum atomic E-state index is 9.47. The van der Waals surface area contributed by atoms with Gasteiger partial charge in [0, 0.05) is 5.39 Å². The second-order valence-electron chi connectivity index (χ2n) is 5.09. The van der Waals surface area contributed by atoms with E-state index in [-0.39, 0.29) is 5.41 Å². The Balaban J connectivity index is 1.98. The normalized spacial score (nSPS) is 29.2. The number of H-pyrrole nitrogens is 1. The minimum atomic E-state index is -0.261. The maximum absolute atomic E-state index is 9.47. The van der Waals surface area contributed by atoms with Crippen molar-refractivity contribution in [1.82, 2.24) is 10.2 Å². The summed E-state index contributed by atoms with van der Waals surface area (Å²) in [6.45, 7) is 0. The molecule has 1 spiro atoms. The molecule has 1 aromatic heterocycles. The summed E-state index contributed by atoms with van der Waals surface area (Å²) in [4.78, 5) is 0. The zero-order valence-electron chi connectivity index (χ0n) is 8.83. The number of aromatic nitrogens is 2. The first kappa shape index (κ1) is 8.35. The van der Waals surface area contributed by atoms with E-state index < -0.39 is 0 Å². The minimum absolute atomic E-state index is 0.261. The van der Waals surface area contributed by atoms with Gasteiger partial charge in [0.25, 0.3) is 0 Å². The summed E-state index contributed by atoms with van der Waals surface area (Å²) in [6.07, 6.45) is 3.42. The first-order valence-electron chi connectivity index (χ1n) is 5.66. The lowest BCUT2D eigenvalue weighted by atomic mass is 9.97. The maximum Gasteiger partial charge on any atom is 0.106 e. The van der Waals surface area contributed by atoms with E-state index in [1.807, 2.05) is 18.2 Å². The van der Waals surface area contributed by atoms with E-state index in [0.717, 1.165) is 23.0 Å². The van der Waals surface area contributed by atoms with E-state index in [0.29, 0.717) is 5.41 Å². The first-order chi connectivity index (χ1) is 7.81. The highest BCUT2D eigenvalue weighted by Crippen LogP contribution is 2.78. The number of aromatic amines is 1. The zero-order chi connectivity index (χ0) is 10.8. The fourth-order valence-electron chi connectivity index (χ4n) is 3.07. The van der Waals surface area contributed by atoms with Gasteiger partial charge >= 0.3 is 0 Å². The lowest BCUT2D eigenvalue weighted by Gasteiger charge is -2.04. The predicted octanol–water partition coefficient (Wildman–Crippen LogP) is 2.51. The number of nitrogens with zero attached hydrogens (tertiary/aromatic N) is 2. The summed E-state index contributed by atoms with van der Waals surface area (Å²) in [5, 5.41) is 18.0. The molecule has 3 heteroatoms. The summed E-state index contributed by atoms with van der Waals surface area (Å²) in [6, 6.07) is 10.6. The van der Waals surface area contributed by atoms with E-state index in [2.05, 4.69) is 22.3 Å². The molecule has 0 aliphatic heterocycles. The molecule has 2 aliphatic carbocycles. The van der Waals surface area contributed by atoms with Gasteiger partial charge in [0.05, 0.1) is 17.3 Å². The van der Waals surface area contributed by atoms with Crippen LogP contribution < -0.4 is 0 Å². The Kier molecular flexibility index (Phi) is 1.20. The van der Waals surface area contributed by atoms with E-state index in [1.54, 1.807) is 0 Å². The molecule has 0 radical (unpaired) electrons. The Bertz CT molecular complexity index is 630. The molecule has 3 nitrogen and oxygen atoms in total. The monoisotopic (exact) mass is 209 g/mol. The van der Waals surface area contributed by atoms with Crippen LogP contribution in [0, 0.1) is 16.7 Å². The largest absolute Gasteiger partial charge is 0.280 e. The van der Waals surface area contributed by atoms with Crippen molar-refractivity contribution in [3.8, 4) is 6.07 Å². The second-order valence-corrected chi connectivity index (χ2v) is 5.09. The highest BCUT2D eigenvalue weighted by atomic mass is 15.1. The quantitative estimate of drug-likeness (QED) is 0.784. The van der Waals surface area contributed by atoms with Crippen LogP contribution in [0.15, 0.2) is 24.3 Å². The van der Waals surface area contributed by atoms with Gasteiger partial charge in [-0.2, -0.15) is 10.4 Å². The summed E-state index contributed by atoms with van der Waals surface area (Å²) < 4.78 is 0. The van der Waals surface area contributed by atoms with E-state index in [9.17, 15) is 5.26 Å². The average Bonchev–Trinajstić information content (AvgIpc) is 3.19. The van der Waals surface area contributed by atoms with Crippen molar-refractivity contribution in [2.75, 3.05) is 0 Å². The lowest BCUT2D eigenvalue weighted by molar-refractivity contribution is 0.714. The highest BCUT2D eigenvalue weighted by molar-refractivity contribution is 5.84. The minimum Gasteiger partial charge on any atom is -0.280 e. The predicted molar refractivity (Wildman–Crippen MR) is 59.7 cm³/mol. The second kappa shape index (κ2) is 2.30. The summed E-state index contributed by atoms with van der Waals surface area (Å²) in [5.41, 5.74) is 2.05. The summed E-state index contributed by atoms with van der Waals surface area (Å²) in [7, 11) is 0. The van der Waals surface area contributed by atoms with Crippen LogP contribution in [-0.4, -0.2) is 10.2 Å². The molecule has 0 amide bonds. The van der Waals surface area contributed by atoms with Crippen LogP contribution in [0.25, 0.3) is 10.9 Å². The van der Waals surface area contributed by atoms with Crippen molar-refractivity contribution >= 4 is 10.9 Å². The molecule has 78 valence electrons. The fraction of sp³-hybridized carbons (Fsp3) is 0.385. The van der Waals surface area contributed by atoms with Crippen LogP contribution in [0.1, 0.15) is 25.0 Å². The molecule has 2 saturated carbocycles. The number of benzene rings is 1. The first-order valence-corrected chi connectivity index (χ1v) is 5.66. The van der Waals surface area contributed by atoms with Gasteiger partial charge in [0.1, 0.15) is 5.41 Å². The van der Waals surface area contributed by atoms with Gasteiger partial charge in [-0.25, -0.2) is 0 Å². The topological polar surface area (TPSA) is 52.5 Å². The Labute approximate surface area is 93.1 Å². The number of hydrogen-bond donors (Lipinski definition) is 1. The summed E-state index contributed by atoms with van der Waals surface area (Å²) in [5.74, 6) is 0. The van der Waals surface area contributed by atoms with Crippen molar-refractivity contribution in [3.63, 3.8) is 0 Å². The zero-order valence-corrected chi connectivity index (χ0v) is 8.83. The molecule has 1 N–H and O–H groups in total. The van der Waals surface area contributed by atoms with E-state index >= 15 is 0 Å². The van der Waals surface area contributed by atoms with Crippen LogP contribution in [-0.2, 0) is 5.41 Å². The Morgan fingerprint density at radius 2 is 2.12 bits per heavy atom. The number of fused-ring (bicyclic) bond motifs is 1. The Hall–Kier alpha value is -1.82. The fourth-order valence-corrected chi connectivity index (χ4v) is 3.07. The molecule has 1 heterocycles. The van der Waals surface area contributed by atoms with Gasteiger partial charge < -0.3 is 0 Å². The molecular formula is C13H11N3. The number of rotatable bonds is 1. The average molecular weight is 209 g/mol. The van der Waals surface area contributed by atoms with Gasteiger partial charge in [-0.1, -0.05) is 18.2 Å². The van der Waals surface area contributed by atoms with Crippen LogP contribution in [0.3, 0.4) is 0 Å². The smallest absolute Gasteiger partial charge is 0.106 e. The highest BCUT2D eigenvalue weighted by Gasteiger charge is 2.76. The van der Waals surface area contributed by atoms with Gasteiger partial charge in [0.2, 0.25) is 0 Å². The van der Waals surface area contributed by atoms with Crippen molar-refractivity contribution in [1.29, 1.82) is 5.26 Å². The molecular weight excluding hydrogens is 198 g/mol. The Morgan fingerprint density at radius 3 is 2.81 bits per heavy atom. The van der Waals surface area contributed by atoms with Crippen molar-refractivity contribution in [2.24, 2.45) is 5.41 Å². The van der Waals surface area contributed by atoms with Gasteiger partial charge in [-0.15, -0.1) is 0 Å².